The Balaban J connectivity index is 2.21. The maximum atomic E-state index is 12.6. The Morgan fingerprint density at radius 1 is 1.24 bits per heavy atom. The zero-order valence-electron chi connectivity index (χ0n) is 10.9. The third-order valence-electron chi connectivity index (χ3n) is 3.51. The van der Waals surface area contributed by atoms with Crippen molar-refractivity contribution >= 4 is 31.6 Å². The van der Waals surface area contributed by atoms with Gasteiger partial charge in [0.2, 0.25) is 10.0 Å². The fraction of sp³-hybridized carbons (Fsp3) is 0.500. The molecule has 2 rings (SSSR count). The molecule has 1 saturated heterocycles. The molecule has 1 fully saturated rings. The van der Waals surface area contributed by atoms with Gasteiger partial charge in [0, 0.05) is 17.6 Å². The lowest BCUT2D eigenvalue weighted by molar-refractivity contribution is -0.182. The van der Waals surface area contributed by atoms with E-state index in [2.05, 4.69) is 15.9 Å². The maximum absolute atomic E-state index is 12.6. The van der Waals surface area contributed by atoms with Crippen molar-refractivity contribution < 1.29 is 21.6 Å². The summed E-state index contributed by atoms with van der Waals surface area (Å²) < 4.78 is 64.4. The van der Waals surface area contributed by atoms with Crippen molar-refractivity contribution in [2.45, 2.75) is 23.9 Å². The lowest BCUT2D eigenvalue weighted by Gasteiger charge is -2.32. The van der Waals surface area contributed by atoms with Crippen LogP contribution < -0.4 is 5.73 Å². The predicted octanol–water partition coefficient (Wildman–Crippen LogP) is 2.99. The van der Waals surface area contributed by atoms with E-state index in [4.69, 9.17) is 5.73 Å². The molecule has 1 aromatic rings. The van der Waals surface area contributed by atoms with Gasteiger partial charge >= 0.3 is 6.18 Å². The Kier molecular flexibility index (Phi) is 4.55. The maximum Gasteiger partial charge on any atom is 0.391 e. The highest BCUT2D eigenvalue weighted by molar-refractivity contribution is 9.10. The quantitative estimate of drug-likeness (QED) is 0.794. The molecule has 0 atom stereocenters. The van der Waals surface area contributed by atoms with Gasteiger partial charge in [0.05, 0.1) is 11.6 Å². The van der Waals surface area contributed by atoms with Crippen LogP contribution in [-0.4, -0.2) is 32.0 Å². The smallest absolute Gasteiger partial charge is 0.391 e. The second-order valence-electron chi connectivity index (χ2n) is 4.90. The summed E-state index contributed by atoms with van der Waals surface area (Å²) in [6.45, 7) is -0.309. The van der Waals surface area contributed by atoms with Gasteiger partial charge in [0.1, 0.15) is 4.90 Å². The Hall–Kier alpha value is -0.800. The minimum Gasteiger partial charge on any atom is -0.398 e. The summed E-state index contributed by atoms with van der Waals surface area (Å²) in [5.41, 5.74) is 5.75. The van der Waals surface area contributed by atoms with Crippen molar-refractivity contribution in [3.8, 4) is 0 Å². The number of piperidine rings is 1. The molecule has 0 bridgehead atoms. The number of anilines is 1. The van der Waals surface area contributed by atoms with Gasteiger partial charge in [-0.15, -0.1) is 0 Å². The van der Waals surface area contributed by atoms with Crippen molar-refractivity contribution in [3.63, 3.8) is 0 Å². The number of nitrogens with two attached hydrogens (primary N) is 1. The number of nitrogens with zero attached hydrogens (tertiary/aromatic N) is 1. The van der Waals surface area contributed by atoms with E-state index in [9.17, 15) is 21.6 Å². The third-order valence-corrected chi connectivity index (χ3v) is 5.96. The molecular weight excluding hydrogens is 373 g/mol. The molecule has 9 heteroatoms. The lowest BCUT2D eigenvalue weighted by Crippen LogP contribution is -2.42. The van der Waals surface area contributed by atoms with Crippen LogP contribution in [0.1, 0.15) is 12.8 Å². The molecular formula is C12H14BrF3N2O2S. The summed E-state index contributed by atoms with van der Waals surface area (Å²) in [4.78, 5) is -0.0812. The first-order chi connectivity index (χ1) is 9.62. The molecule has 0 aliphatic carbocycles. The number of sulfonamides is 1. The normalized spacial score (nSPS) is 18.9. The van der Waals surface area contributed by atoms with Crippen LogP contribution in [0.15, 0.2) is 27.6 Å². The van der Waals surface area contributed by atoms with Crippen LogP contribution >= 0.6 is 15.9 Å². The molecule has 0 spiro atoms. The molecule has 1 aliphatic rings. The van der Waals surface area contributed by atoms with Crippen molar-refractivity contribution in [1.82, 2.24) is 4.31 Å². The van der Waals surface area contributed by atoms with Crippen LogP contribution in [0, 0.1) is 5.92 Å². The first kappa shape index (κ1) is 16.6. The fourth-order valence-electron chi connectivity index (χ4n) is 2.29. The van der Waals surface area contributed by atoms with E-state index in [1.54, 1.807) is 6.07 Å². The van der Waals surface area contributed by atoms with Crippen molar-refractivity contribution in [3.05, 3.63) is 22.7 Å². The zero-order chi connectivity index (χ0) is 15.8. The minimum absolute atomic E-state index is 0.0798. The number of halogens is 4. The molecule has 21 heavy (non-hydrogen) atoms. The summed E-state index contributed by atoms with van der Waals surface area (Å²) in [6.07, 6.45) is -4.72. The highest BCUT2D eigenvalue weighted by Gasteiger charge is 2.43. The number of rotatable bonds is 2. The monoisotopic (exact) mass is 386 g/mol. The van der Waals surface area contributed by atoms with Gasteiger partial charge in [0.15, 0.2) is 0 Å². The Labute approximate surface area is 129 Å². The Bertz CT molecular complexity index is 626. The molecule has 4 nitrogen and oxygen atoms in total. The topological polar surface area (TPSA) is 63.4 Å². The van der Waals surface area contributed by atoms with Gasteiger partial charge < -0.3 is 5.73 Å². The van der Waals surface area contributed by atoms with Crippen LogP contribution in [0.2, 0.25) is 0 Å². The van der Waals surface area contributed by atoms with Gasteiger partial charge in [-0.05, 0) is 31.0 Å². The van der Waals surface area contributed by atoms with Gasteiger partial charge in [-0.2, -0.15) is 17.5 Å². The number of benzene rings is 1. The summed E-state index contributed by atoms with van der Waals surface area (Å²) in [5.74, 6) is -1.44. The Morgan fingerprint density at radius 3 is 2.33 bits per heavy atom. The zero-order valence-corrected chi connectivity index (χ0v) is 13.3. The van der Waals surface area contributed by atoms with Gasteiger partial charge in [-0.25, -0.2) is 8.42 Å². The highest BCUT2D eigenvalue weighted by atomic mass is 79.9. The molecule has 0 aromatic heterocycles. The van der Waals surface area contributed by atoms with Crippen LogP contribution in [0.25, 0.3) is 0 Å². The summed E-state index contributed by atoms with van der Waals surface area (Å²) in [5, 5.41) is 0. The van der Waals surface area contributed by atoms with E-state index in [0.717, 1.165) is 4.31 Å². The molecule has 0 amide bonds. The Morgan fingerprint density at radius 2 is 1.81 bits per heavy atom. The van der Waals surface area contributed by atoms with Crippen molar-refractivity contribution in [1.29, 1.82) is 0 Å². The van der Waals surface area contributed by atoms with Gasteiger partial charge in [-0.1, -0.05) is 15.9 Å². The van der Waals surface area contributed by atoms with Crippen molar-refractivity contribution in [2.75, 3.05) is 18.8 Å². The van der Waals surface area contributed by atoms with Crippen LogP contribution in [-0.2, 0) is 10.0 Å². The van der Waals surface area contributed by atoms with E-state index >= 15 is 0 Å². The molecule has 118 valence electrons. The summed E-state index contributed by atoms with van der Waals surface area (Å²) in [6, 6.07) is 4.41. The summed E-state index contributed by atoms with van der Waals surface area (Å²) in [7, 11) is -3.87. The molecule has 0 saturated carbocycles. The molecule has 1 aliphatic heterocycles. The van der Waals surface area contributed by atoms with E-state index in [0.29, 0.717) is 4.47 Å². The molecule has 0 unspecified atom stereocenters. The lowest BCUT2D eigenvalue weighted by atomic mass is 9.98. The minimum atomic E-state index is -4.27. The van der Waals surface area contributed by atoms with E-state index in [-0.39, 0.29) is 36.5 Å². The van der Waals surface area contributed by atoms with Crippen LogP contribution in [0.4, 0.5) is 18.9 Å². The van der Waals surface area contributed by atoms with Crippen LogP contribution in [0.5, 0.6) is 0 Å². The molecule has 2 N–H and O–H groups in total. The average molecular weight is 387 g/mol. The second-order valence-corrected chi connectivity index (χ2v) is 7.72. The van der Waals surface area contributed by atoms with Gasteiger partial charge in [-0.3, -0.25) is 0 Å². The molecule has 1 heterocycles. The first-order valence-corrected chi connectivity index (χ1v) is 8.47. The van der Waals surface area contributed by atoms with E-state index in [1.807, 2.05) is 0 Å². The van der Waals surface area contributed by atoms with Crippen LogP contribution in [0.3, 0.4) is 0 Å². The largest absolute Gasteiger partial charge is 0.398 e. The fourth-order valence-corrected chi connectivity index (χ4v) is 4.42. The standard InChI is InChI=1S/C12H14BrF3N2O2S/c13-9-1-2-10(17)11(7-9)21(19,20)18-5-3-8(4-6-18)12(14,15)16/h1-2,7-8H,3-6,17H2. The number of hydrogen-bond donors (Lipinski definition) is 1. The molecule has 1 aromatic carbocycles. The summed E-state index contributed by atoms with van der Waals surface area (Å²) >= 11 is 3.16. The SMILES string of the molecule is Nc1ccc(Br)cc1S(=O)(=O)N1CCC(C(F)(F)F)CC1. The highest BCUT2D eigenvalue weighted by Crippen LogP contribution is 2.36. The van der Waals surface area contributed by atoms with Gasteiger partial charge in [0.25, 0.3) is 0 Å². The second kappa shape index (κ2) is 5.77. The van der Waals surface area contributed by atoms with Crippen molar-refractivity contribution in [2.24, 2.45) is 5.92 Å². The predicted molar refractivity (Wildman–Crippen MR) is 76.1 cm³/mol. The number of nitrogen functional groups attached to an aromatic ring is 1. The number of alkyl halides is 3. The molecule has 0 radical (unpaired) electrons. The van der Waals surface area contributed by atoms with E-state index in [1.165, 1.54) is 12.1 Å². The number of hydrogen-bond acceptors (Lipinski definition) is 3. The third kappa shape index (κ3) is 3.51. The van der Waals surface area contributed by atoms with E-state index < -0.39 is 22.1 Å². The first-order valence-electron chi connectivity index (χ1n) is 6.24. The average Bonchev–Trinajstić information content (AvgIpc) is 2.40.